The van der Waals surface area contributed by atoms with Crippen LogP contribution in [0.25, 0.3) is 0 Å². The number of nitrogens with zero attached hydrogens (tertiary/aromatic N) is 2. The van der Waals surface area contributed by atoms with E-state index in [1.807, 2.05) is 0 Å². The second-order valence-electron chi connectivity index (χ2n) is 4.88. The molecule has 0 radical (unpaired) electrons. The molecular weight excluding hydrogens is 244 g/mol. The van der Waals surface area contributed by atoms with Crippen LogP contribution in [0.15, 0.2) is 24.3 Å². The molecule has 0 amide bonds. The molecule has 5 heteroatoms. The minimum Gasteiger partial charge on any atom is -0.303 e. The monoisotopic (exact) mass is 262 g/mol. The van der Waals surface area contributed by atoms with Crippen LogP contribution in [0.3, 0.4) is 0 Å². The van der Waals surface area contributed by atoms with Crippen LogP contribution in [-0.2, 0) is 0 Å². The number of Topliss-reactive ketones (excluding diaryl/α,β-unsaturated/α-hetero) is 1. The molecule has 1 saturated heterocycles. The molecule has 1 fully saturated rings. The molecule has 1 aliphatic heterocycles. The minimum absolute atomic E-state index is 0.0192. The number of hydrogen-bond acceptors (Lipinski definition) is 4. The zero-order valence-corrected chi connectivity index (χ0v) is 10.9. The maximum Gasteiger partial charge on any atom is 0.270 e. The average molecular weight is 262 g/mol. The molecule has 19 heavy (non-hydrogen) atoms. The largest absolute Gasteiger partial charge is 0.303 e. The van der Waals surface area contributed by atoms with E-state index in [2.05, 4.69) is 4.90 Å². The van der Waals surface area contributed by atoms with Crippen LogP contribution in [-0.4, -0.2) is 35.2 Å². The van der Waals surface area contributed by atoms with Crippen molar-refractivity contribution in [3.63, 3.8) is 0 Å². The van der Waals surface area contributed by atoms with Gasteiger partial charge in [-0.15, -0.1) is 0 Å². The van der Waals surface area contributed by atoms with Gasteiger partial charge in [-0.25, -0.2) is 0 Å². The van der Waals surface area contributed by atoms with Crippen molar-refractivity contribution in [3.8, 4) is 0 Å². The molecule has 0 aromatic heterocycles. The van der Waals surface area contributed by atoms with Gasteiger partial charge in [0.15, 0.2) is 5.78 Å². The summed E-state index contributed by atoms with van der Waals surface area (Å²) >= 11 is 0. The summed E-state index contributed by atoms with van der Waals surface area (Å²) in [6.07, 6.45) is 4.10. The highest BCUT2D eigenvalue weighted by Crippen LogP contribution is 2.15. The lowest BCUT2D eigenvalue weighted by molar-refractivity contribution is -0.384. The molecule has 0 spiro atoms. The molecule has 0 atom stereocenters. The van der Waals surface area contributed by atoms with E-state index in [0.717, 1.165) is 19.6 Å². The third-order valence-electron chi connectivity index (χ3n) is 3.48. The number of benzene rings is 1. The van der Waals surface area contributed by atoms with Crippen LogP contribution in [0.2, 0.25) is 0 Å². The molecule has 5 nitrogen and oxygen atoms in total. The van der Waals surface area contributed by atoms with Gasteiger partial charge in [0.05, 0.1) is 4.92 Å². The Morgan fingerprint density at radius 3 is 2.68 bits per heavy atom. The molecule has 0 N–H and O–H groups in total. The number of hydrogen-bond donors (Lipinski definition) is 0. The van der Waals surface area contributed by atoms with E-state index in [0.29, 0.717) is 12.0 Å². The lowest BCUT2D eigenvalue weighted by Crippen LogP contribution is -2.31. The molecule has 0 bridgehead atoms. The number of nitro groups is 1. The summed E-state index contributed by atoms with van der Waals surface area (Å²) < 4.78 is 0. The Morgan fingerprint density at radius 2 is 2.00 bits per heavy atom. The van der Waals surface area contributed by atoms with Crippen molar-refractivity contribution in [1.29, 1.82) is 0 Å². The van der Waals surface area contributed by atoms with Gasteiger partial charge >= 0.3 is 0 Å². The van der Waals surface area contributed by atoms with E-state index in [-0.39, 0.29) is 11.5 Å². The maximum absolute atomic E-state index is 12.0. The molecule has 2 rings (SSSR count). The van der Waals surface area contributed by atoms with Gasteiger partial charge in [-0.2, -0.15) is 0 Å². The van der Waals surface area contributed by atoms with Gasteiger partial charge in [0.1, 0.15) is 0 Å². The number of piperidine rings is 1. The molecule has 102 valence electrons. The fourth-order valence-corrected chi connectivity index (χ4v) is 2.38. The Labute approximate surface area is 112 Å². The minimum atomic E-state index is -0.471. The second-order valence-corrected chi connectivity index (χ2v) is 4.88. The second kappa shape index (κ2) is 6.43. The smallest absolute Gasteiger partial charge is 0.270 e. The fraction of sp³-hybridized carbons (Fsp3) is 0.500. The zero-order chi connectivity index (χ0) is 13.7. The first kappa shape index (κ1) is 13.7. The number of nitro benzene ring substituents is 1. The van der Waals surface area contributed by atoms with Gasteiger partial charge in [-0.05, 0) is 25.9 Å². The van der Waals surface area contributed by atoms with Gasteiger partial charge < -0.3 is 4.90 Å². The topological polar surface area (TPSA) is 63.5 Å². The fourth-order valence-electron chi connectivity index (χ4n) is 2.38. The molecule has 0 unspecified atom stereocenters. The van der Waals surface area contributed by atoms with Gasteiger partial charge in [0, 0.05) is 30.7 Å². The Kier molecular flexibility index (Phi) is 4.63. The molecule has 1 aromatic rings. The van der Waals surface area contributed by atoms with Crippen LogP contribution >= 0.6 is 0 Å². The highest BCUT2D eigenvalue weighted by Gasteiger charge is 2.14. The molecule has 0 saturated carbocycles. The molecule has 0 aliphatic carbocycles. The van der Waals surface area contributed by atoms with E-state index >= 15 is 0 Å². The van der Waals surface area contributed by atoms with Crippen LogP contribution in [0.5, 0.6) is 0 Å². The number of non-ortho nitro benzene ring substituents is 1. The van der Waals surface area contributed by atoms with Crippen molar-refractivity contribution >= 4 is 11.5 Å². The van der Waals surface area contributed by atoms with Crippen molar-refractivity contribution in [2.45, 2.75) is 25.7 Å². The Hall–Kier alpha value is -1.75. The van der Waals surface area contributed by atoms with E-state index in [9.17, 15) is 14.9 Å². The van der Waals surface area contributed by atoms with Crippen LogP contribution in [0.1, 0.15) is 36.0 Å². The van der Waals surface area contributed by atoms with Gasteiger partial charge in [-0.1, -0.05) is 18.6 Å². The Morgan fingerprint density at radius 1 is 1.26 bits per heavy atom. The lowest BCUT2D eigenvalue weighted by atomic mass is 10.1. The van der Waals surface area contributed by atoms with Crippen molar-refractivity contribution in [1.82, 2.24) is 4.90 Å². The SMILES string of the molecule is O=C(CCN1CCCCC1)c1cccc([N+](=O)[O-])c1. The summed E-state index contributed by atoms with van der Waals surface area (Å²) in [4.78, 5) is 24.5. The average Bonchev–Trinajstić information content (AvgIpc) is 2.46. The summed E-state index contributed by atoms with van der Waals surface area (Å²) in [6.45, 7) is 2.87. The molecule has 1 heterocycles. The first-order valence-electron chi connectivity index (χ1n) is 6.67. The number of carbonyl (C=O) groups is 1. The van der Waals surface area contributed by atoms with E-state index in [1.165, 1.54) is 31.4 Å². The summed E-state index contributed by atoms with van der Waals surface area (Å²) in [6, 6.07) is 5.97. The highest BCUT2D eigenvalue weighted by molar-refractivity contribution is 5.96. The maximum atomic E-state index is 12.0. The predicted molar refractivity (Wildman–Crippen MR) is 72.3 cm³/mol. The van der Waals surface area contributed by atoms with E-state index in [4.69, 9.17) is 0 Å². The van der Waals surface area contributed by atoms with E-state index < -0.39 is 4.92 Å². The van der Waals surface area contributed by atoms with Crippen molar-refractivity contribution in [2.75, 3.05) is 19.6 Å². The summed E-state index contributed by atoms with van der Waals surface area (Å²) in [5.41, 5.74) is 0.412. The number of ketones is 1. The van der Waals surface area contributed by atoms with Gasteiger partial charge in [-0.3, -0.25) is 14.9 Å². The van der Waals surface area contributed by atoms with Crippen LogP contribution in [0.4, 0.5) is 5.69 Å². The Bertz CT molecular complexity index is 468. The predicted octanol–water partition coefficient (Wildman–Crippen LogP) is 2.65. The highest BCUT2D eigenvalue weighted by atomic mass is 16.6. The third kappa shape index (κ3) is 3.86. The normalized spacial score (nSPS) is 16.2. The van der Waals surface area contributed by atoms with Gasteiger partial charge in [0.25, 0.3) is 5.69 Å². The van der Waals surface area contributed by atoms with Crippen LogP contribution in [0, 0.1) is 10.1 Å². The third-order valence-corrected chi connectivity index (χ3v) is 3.48. The molecule has 1 aliphatic rings. The summed E-state index contributed by atoms with van der Waals surface area (Å²) in [5, 5.41) is 10.7. The number of carbonyl (C=O) groups excluding carboxylic acids is 1. The lowest BCUT2D eigenvalue weighted by Gasteiger charge is -2.25. The Balaban J connectivity index is 1.92. The quantitative estimate of drug-likeness (QED) is 0.465. The van der Waals surface area contributed by atoms with Gasteiger partial charge in [0.2, 0.25) is 0 Å². The van der Waals surface area contributed by atoms with E-state index in [1.54, 1.807) is 12.1 Å². The zero-order valence-electron chi connectivity index (χ0n) is 10.9. The first-order valence-corrected chi connectivity index (χ1v) is 6.67. The summed E-state index contributed by atoms with van der Waals surface area (Å²) in [7, 11) is 0. The van der Waals surface area contributed by atoms with Crippen molar-refractivity contribution in [3.05, 3.63) is 39.9 Å². The van der Waals surface area contributed by atoms with Crippen LogP contribution < -0.4 is 0 Å². The molecule has 1 aromatic carbocycles. The number of likely N-dealkylation sites (tertiary alicyclic amines) is 1. The van der Waals surface area contributed by atoms with Crippen molar-refractivity contribution < 1.29 is 9.72 Å². The van der Waals surface area contributed by atoms with Crippen molar-refractivity contribution in [2.24, 2.45) is 0 Å². The number of rotatable bonds is 5. The molecular formula is C14H18N2O3. The first-order chi connectivity index (χ1) is 9.16. The standard InChI is InChI=1S/C14H18N2O3/c17-14(7-10-15-8-2-1-3-9-15)12-5-4-6-13(11-12)16(18)19/h4-6,11H,1-3,7-10H2. The summed E-state index contributed by atoms with van der Waals surface area (Å²) in [5.74, 6) is -0.0192.